The van der Waals surface area contributed by atoms with Gasteiger partial charge in [-0.05, 0) is 51.4 Å². The monoisotopic (exact) mass is 326 g/mol. The molecule has 2 rings (SSSR count). The van der Waals surface area contributed by atoms with E-state index >= 15 is 0 Å². The summed E-state index contributed by atoms with van der Waals surface area (Å²) in [5.41, 5.74) is 0. The molecule has 0 aromatic carbocycles. The van der Waals surface area contributed by atoms with Crippen molar-refractivity contribution in [3.8, 4) is 0 Å². The molecule has 2 heterocycles. The highest BCUT2D eigenvalue weighted by molar-refractivity contribution is 5.66. The van der Waals surface area contributed by atoms with Gasteiger partial charge in [-0.3, -0.25) is 4.79 Å². The minimum atomic E-state index is -0.113. The molecule has 0 spiro atoms. The van der Waals surface area contributed by atoms with Crippen molar-refractivity contribution in [2.45, 2.75) is 64.4 Å². The van der Waals surface area contributed by atoms with Gasteiger partial charge in [0.15, 0.2) is 6.10 Å². The highest BCUT2D eigenvalue weighted by Gasteiger charge is 2.35. The molecule has 2 saturated heterocycles. The van der Waals surface area contributed by atoms with E-state index in [1.54, 1.807) is 6.92 Å². The summed E-state index contributed by atoms with van der Waals surface area (Å²) in [5.74, 6) is -0.113. The Morgan fingerprint density at radius 3 is 1.43 bits per heavy atom. The van der Waals surface area contributed by atoms with Crippen LogP contribution in [0.1, 0.15) is 58.3 Å². The fraction of sp³-hybridized carbons (Fsp3) is 0.947. The Hall–Kier alpha value is -0.610. The van der Waals surface area contributed by atoms with Gasteiger partial charge in [0.05, 0.1) is 40.3 Å². The van der Waals surface area contributed by atoms with Crippen LogP contribution in [-0.4, -0.2) is 74.4 Å². The van der Waals surface area contributed by atoms with Gasteiger partial charge in [0.2, 0.25) is 0 Å². The fourth-order valence-electron chi connectivity index (χ4n) is 4.62. The third-order valence-corrected chi connectivity index (χ3v) is 5.91. The van der Waals surface area contributed by atoms with Crippen LogP contribution in [0.4, 0.5) is 0 Å². The first-order valence-corrected chi connectivity index (χ1v) is 9.75. The van der Waals surface area contributed by atoms with E-state index in [0.29, 0.717) is 0 Å². The van der Waals surface area contributed by atoms with Crippen molar-refractivity contribution < 1.29 is 18.5 Å². The first kappa shape index (κ1) is 18.7. The molecule has 2 aliphatic heterocycles. The van der Waals surface area contributed by atoms with Crippen molar-refractivity contribution in [1.29, 1.82) is 0 Å². The Bertz CT molecular complexity index is 340. The average molecular weight is 327 g/mol. The molecular weight excluding hydrogens is 288 g/mol. The summed E-state index contributed by atoms with van der Waals surface area (Å²) >= 11 is 0. The summed E-state index contributed by atoms with van der Waals surface area (Å²) in [7, 11) is 4.73. The van der Waals surface area contributed by atoms with Gasteiger partial charge in [0, 0.05) is 6.92 Å². The summed E-state index contributed by atoms with van der Waals surface area (Å²) in [6.45, 7) is 8.50. The van der Waals surface area contributed by atoms with Crippen LogP contribution < -0.4 is 0 Å². The van der Waals surface area contributed by atoms with Gasteiger partial charge in [-0.15, -0.1) is 0 Å². The molecule has 0 N–H and O–H groups in total. The zero-order valence-corrected chi connectivity index (χ0v) is 15.7. The van der Waals surface area contributed by atoms with Crippen LogP contribution in [0.25, 0.3) is 0 Å². The summed E-state index contributed by atoms with van der Waals surface area (Å²) in [6.07, 6.45) is 10.8. The van der Waals surface area contributed by atoms with E-state index in [2.05, 4.69) is 14.1 Å². The number of rotatable bonds is 5. The van der Waals surface area contributed by atoms with E-state index in [0.717, 1.165) is 22.1 Å². The lowest BCUT2D eigenvalue weighted by molar-refractivity contribution is -0.931. The van der Waals surface area contributed by atoms with E-state index in [-0.39, 0.29) is 12.1 Å². The fourth-order valence-corrected chi connectivity index (χ4v) is 4.62. The molecule has 2 fully saturated rings. The van der Waals surface area contributed by atoms with Crippen LogP contribution in [0.15, 0.2) is 0 Å². The van der Waals surface area contributed by atoms with Crippen LogP contribution in [0.2, 0.25) is 0 Å². The Labute approximate surface area is 143 Å². The minimum Gasteiger partial charge on any atom is -0.450 e. The van der Waals surface area contributed by atoms with Crippen LogP contribution in [0.5, 0.6) is 0 Å². The molecule has 0 unspecified atom stereocenters. The molecule has 0 atom stereocenters. The summed E-state index contributed by atoms with van der Waals surface area (Å²) < 4.78 is 7.96. The summed E-state index contributed by atoms with van der Waals surface area (Å²) in [6, 6.07) is 0. The Morgan fingerprint density at radius 2 is 1.13 bits per heavy atom. The molecule has 0 bridgehead atoms. The second kappa shape index (κ2) is 8.48. The van der Waals surface area contributed by atoms with E-state index in [1.807, 2.05) is 0 Å². The first-order chi connectivity index (χ1) is 10.9. The molecular formula is C19H38N2O2+2. The van der Waals surface area contributed by atoms with Gasteiger partial charge < -0.3 is 13.7 Å². The van der Waals surface area contributed by atoms with Crippen molar-refractivity contribution in [3.05, 3.63) is 0 Å². The van der Waals surface area contributed by atoms with Gasteiger partial charge >= 0.3 is 5.97 Å². The predicted molar refractivity (Wildman–Crippen MR) is 94.1 cm³/mol. The zero-order valence-electron chi connectivity index (χ0n) is 15.7. The number of likely N-dealkylation sites (tertiary alicyclic amines) is 2. The Morgan fingerprint density at radius 1 is 0.783 bits per heavy atom. The highest BCUT2D eigenvalue weighted by Crippen LogP contribution is 2.21. The molecule has 2 aliphatic rings. The van der Waals surface area contributed by atoms with Gasteiger partial charge in [-0.1, -0.05) is 0 Å². The summed E-state index contributed by atoms with van der Waals surface area (Å²) in [5, 5.41) is 0. The maximum atomic E-state index is 11.6. The van der Waals surface area contributed by atoms with Gasteiger partial charge in [0.1, 0.15) is 13.1 Å². The third kappa shape index (κ3) is 6.42. The highest BCUT2D eigenvalue weighted by atomic mass is 16.5. The maximum Gasteiger partial charge on any atom is 0.303 e. The van der Waals surface area contributed by atoms with Crippen LogP contribution in [-0.2, 0) is 9.53 Å². The predicted octanol–water partition coefficient (Wildman–Crippen LogP) is 2.96. The molecule has 0 saturated carbocycles. The molecule has 134 valence electrons. The number of carbonyl (C=O) groups is 1. The molecule has 0 aliphatic carbocycles. The lowest BCUT2D eigenvalue weighted by Crippen LogP contribution is -2.57. The second-order valence-electron chi connectivity index (χ2n) is 8.56. The lowest BCUT2D eigenvalue weighted by Gasteiger charge is -2.40. The molecule has 4 nitrogen and oxygen atoms in total. The van der Waals surface area contributed by atoms with E-state index in [4.69, 9.17) is 4.74 Å². The smallest absolute Gasteiger partial charge is 0.303 e. The van der Waals surface area contributed by atoms with Crippen LogP contribution in [0.3, 0.4) is 0 Å². The van der Waals surface area contributed by atoms with Crippen LogP contribution in [0, 0.1) is 0 Å². The zero-order chi connectivity index (χ0) is 16.8. The molecule has 23 heavy (non-hydrogen) atoms. The maximum absolute atomic E-state index is 11.6. The number of hydrogen-bond donors (Lipinski definition) is 0. The number of esters is 1. The van der Waals surface area contributed by atoms with Crippen molar-refractivity contribution in [3.63, 3.8) is 0 Å². The van der Waals surface area contributed by atoms with Gasteiger partial charge in [-0.25, -0.2) is 0 Å². The molecule has 0 aromatic heterocycles. The van der Waals surface area contributed by atoms with Crippen molar-refractivity contribution in [2.75, 3.05) is 53.4 Å². The number of likely N-dealkylation sites (N-methyl/N-ethyl adjacent to an activating group) is 2. The van der Waals surface area contributed by atoms with Crippen molar-refractivity contribution in [2.24, 2.45) is 0 Å². The van der Waals surface area contributed by atoms with Crippen LogP contribution >= 0.6 is 0 Å². The summed E-state index contributed by atoms with van der Waals surface area (Å²) in [4.78, 5) is 11.6. The Kier molecular flexibility index (Phi) is 6.90. The number of quaternary nitrogens is 2. The first-order valence-electron chi connectivity index (χ1n) is 9.75. The Balaban J connectivity index is 2.01. The van der Waals surface area contributed by atoms with E-state index < -0.39 is 0 Å². The number of ether oxygens (including phenoxy) is 1. The number of hydrogen-bond acceptors (Lipinski definition) is 2. The number of carbonyl (C=O) groups excluding carboxylic acids is 1. The molecule has 0 amide bonds. The third-order valence-electron chi connectivity index (χ3n) is 5.91. The second-order valence-corrected chi connectivity index (χ2v) is 8.56. The SMILES string of the molecule is CC(=O)OC(C[N+]1(C)CCCCCC1)C[N+]1(C)CCCCCC1. The quantitative estimate of drug-likeness (QED) is 0.573. The van der Waals surface area contributed by atoms with E-state index in [9.17, 15) is 4.79 Å². The van der Waals surface area contributed by atoms with Crippen molar-refractivity contribution in [1.82, 2.24) is 0 Å². The lowest BCUT2D eigenvalue weighted by atomic mass is 10.2. The average Bonchev–Trinajstić information content (AvgIpc) is 2.78. The largest absolute Gasteiger partial charge is 0.450 e. The van der Waals surface area contributed by atoms with Crippen molar-refractivity contribution >= 4 is 5.97 Å². The molecule has 0 radical (unpaired) electrons. The van der Waals surface area contributed by atoms with Gasteiger partial charge in [-0.2, -0.15) is 0 Å². The molecule has 0 aromatic rings. The normalized spacial score (nSPS) is 24.7. The minimum absolute atomic E-state index is 0.0682. The standard InChI is InChI=1S/C19H38N2O2/c1-18(22)23-19(16-20(2)12-8-4-5-9-13-20)17-21(3)14-10-6-7-11-15-21/h19H,4-17H2,1-3H3/q+2. The number of nitrogens with zero attached hydrogens (tertiary/aromatic N) is 2. The topological polar surface area (TPSA) is 26.3 Å². The van der Waals surface area contributed by atoms with E-state index in [1.165, 1.54) is 77.5 Å². The van der Waals surface area contributed by atoms with Gasteiger partial charge in [0.25, 0.3) is 0 Å². The molecule has 4 heteroatoms.